The lowest BCUT2D eigenvalue weighted by molar-refractivity contribution is 0.248. The highest BCUT2D eigenvalue weighted by molar-refractivity contribution is 7.89. The maximum Gasteiger partial charge on any atom is 0.212 e. The molecule has 2 aliphatic rings. The Morgan fingerprint density at radius 1 is 1.17 bits per heavy atom. The van der Waals surface area contributed by atoms with Crippen molar-refractivity contribution in [1.29, 1.82) is 0 Å². The molecule has 0 radical (unpaired) electrons. The summed E-state index contributed by atoms with van der Waals surface area (Å²) in [7, 11) is -1.01. The van der Waals surface area contributed by atoms with Gasteiger partial charge >= 0.3 is 0 Å². The van der Waals surface area contributed by atoms with Crippen LogP contribution in [0.2, 0.25) is 0 Å². The molecule has 2 N–H and O–H groups in total. The Morgan fingerprint density at radius 3 is 2.39 bits per heavy atom. The highest BCUT2D eigenvalue weighted by Gasteiger charge is 2.25. The molecule has 0 aromatic rings. The molecule has 2 fully saturated rings. The van der Waals surface area contributed by atoms with E-state index in [-0.39, 0.29) is 6.04 Å². The van der Waals surface area contributed by atoms with E-state index in [9.17, 15) is 8.42 Å². The van der Waals surface area contributed by atoms with E-state index in [0.717, 1.165) is 51.9 Å². The summed E-state index contributed by atoms with van der Waals surface area (Å²) in [5.41, 5.74) is 0. The Kier molecular flexibility index (Phi) is 5.00. The summed E-state index contributed by atoms with van der Waals surface area (Å²) in [5, 5.41) is 3.27. The molecule has 0 aliphatic carbocycles. The van der Waals surface area contributed by atoms with Gasteiger partial charge in [-0.25, -0.2) is 13.1 Å². The van der Waals surface area contributed by atoms with Crippen LogP contribution in [0, 0.1) is 5.92 Å². The molecule has 0 saturated carbocycles. The van der Waals surface area contributed by atoms with E-state index < -0.39 is 10.0 Å². The number of nitrogens with one attached hydrogen (secondary N) is 2. The first-order chi connectivity index (χ1) is 8.55. The second-order valence-corrected chi connectivity index (χ2v) is 7.47. The second kappa shape index (κ2) is 6.32. The minimum Gasteiger partial charge on any atom is -0.317 e. The molecule has 0 aromatic heterocycles. The third kappa shape index (κ3) is 4.50. The molecule has 18 heavy (non-hydrogen) atoms. The quantitative estimate of drug-likeness (QED) is 0.758. The second-order valence-electron chi connectivity index (χ2n) is 5.67. The molecule has 0 spiro atoms. The van der Waals surface area contributed by atoms with Gasteiger partial charge in [-0.15, -0.1) is 0 Å². The van der Waals surface area contributed by atoms with Crippen LogP contribution in [0.3, 0.4) is 0 Å². The summed E-state index contributed by atoms with van der Waals surface area (Å²) in [6.45, 7) is 3.88. The fraction of sp³-hybridized carbons (Fsp3) is 1.00. The molecule has 2 saturated heterocycles. The van der Waals surface area contributed by atoms with Crippen molar-refractivity contribution in [3.63, 3.8) is 0 Å². The molecule has 2 aliphatic heterocycles. The van der Waals surface area contributed by atoms with Crippen LogP contribution in [0.4, 0.5) is 0 Å². The Bertz CT molecular complexity index is 344. The smallest absolute Gasteiger partial charge is 0.212 e. The first-order valence-electron chi connectivity index (χ1n) is 6.94. The Hall–Kier alpha value is -0.170. The van der Waals surface area contributed by atoms with Gasteiger partial charge < -0.3 is 10.2 Å². The number of rotatable bonds is 4. The van der Waals surface area contributed by atoms with Gasteiger partial charge in [0.15, 0.2) is 0 Å². The van der Waals surface area contributed by atoms with Crippen LogP contribution in [0.1, 0.15) is 25.7 Å². The molecule has 2 heterocycles. The van der Waals surface area contributed by atoms with Crippen LogP contribution in [0.15, 0.2) is 0 Å². The molecule has 106 valence electrons. The van der Waals surface area contributed by atoms with Crippen molar-refractivity contribution in [3.8, 4) is 0 Å². The summed E-state index contributed by atoms with van der Waals surface area (Å²) in [5.74, 6) is 0.635. The first kappa shape index (κ1) is 14.2. The average Bonchev–Trinajstić information content (AvgIpc) is 2.32. The highest BCUT2D eigenvalue weighted by atomic mass is 32.2. The van der Waals surface area contributed by atoms with Crippen molar-refractivity contribution in [2.75, 3.05) is 39.0 Å². The van der Waals surface area contributed by atoms with Crippen LogP contribution >= 0.6 is 0 Å². The molecule has 0 bridgehead atoms. The van der Waals surface area contributed by atoms with Gasteiger partial charge in [0.2, 0.25) is 10.0 Å². The zero-order valence-corrected chi connectivity index (χ0v) is 12.0. The van der Waals surface area contributed by atoms with Gasteiger partial charge in [-0.1, -0.05) is 0 Å². The van der Waals surface area contributed by atoms with Crippen molar-refractivity contribution in [2.45, 2.75) is 31.7 Å². The Morgan fingerprint density at radius 2 is 1.78 bits per heavy atom. The van der Waals surface area contributed by atoms with Crippen LogP contribution in [-0.2, 0) is 10.0 Å². The predicted octanol–water partition coefficient (Wildman–Crippen LogP) is -0.000400. The number of piperidine rings is 2. The van der Waals surface area contributed by atoms with E-state index in [0.29, 0.717) is 11.7 Å². The number of likely N-dealkylation sites (tertiary alicyclic amines) is 1. The molecule has 0 amide bonds. The van der Waals surface area contributed by atoms with Crippen molar-refractivity contribution >= 4 is 10.0 Å². The van der Waals surface area contributed by atoms with Gasteiger partial charge in [0.25, 0.3) is 0 Å². The average molecular weight is 275 g/mol. The third-order valence-electron chi connectivity index (χ3n) is 3.98. The first-order valence-corrected chi connectivity index (χ1v) is 8.60. The summed E-state index contributed by atoms with van der Waals surface area (Å²) in [6.07, 6.45) is 3.83. The molecule has 6 heteroatoms. The number of hydrogen-bond donors (Lipinski definition) is 2. The van der Waals surface area contributed by atoms with Gasteiger partial charge in [-0.2, -0.15) is 0 Å². The van der Waals surface area contributed by atoms with E-state index in [1.165, 1.54) is 0 Å². The van der Waals surface area contributed by atoms with Crippen LogP contribution < -0.4 is 10.0 Å². The topological polar surface area (TPSA) is 61.4 Å². The van der Waals surface area contributed by atoms with E-state index in [1.807, 2.05) is 0 Å². The lowest BCUT2D eigenvalue weighted by atomic mass is 10.0. The molecular formula is C12H25N3O2S. The number of hydrogen-bond acceptors (Lipinski definition) is 4. The zero-order valence-electron chi connectivity index (χ0n) is 11.2. The lowest BCUT2D eigenvalue weighted by Crippen LogP contribution is -2.45. The van der Waals surface area contributed by atoms with E-state index in [1.54, 1.807) is 0 Å². The molecular weight excluding hydrogens is 250 g/mol. The molecule has 2 rings (SSSR count). The maximum atomic E-state index is 12.1. The fourth-order valence-corrected chi connectivity index (χ4v) is 4.58. The van der Waals surface area contributed by atoms with Gasteiger partial charge in [0, 0.05) is 6.04 Å². The monoisotopic (exact) mass is 275 g/mol. The predicted molar refractivity (Wildman–Crippen MR) is 73.0 cm³/mol. The Balaban J connectivity index is 1.79. The van der Waals surface area contributed by atoms with Gasteiger partial charge in [-0.05, 0) is 64.8 Å². The third-order valence-corrected chi connectivity index (χ3v) is 5.58. The van der Waals surface area contributed by atoms with Gasteiger partial charge in [0.1, 0.15) is 0 Å². The fourth-order valence-electron chi connectivity index (χ4n) is 2.79. The summed E-state index contributed by atoms with van der Waals surface area (Å²) >= 11 is 0. The van der Waals surface area contributed by atoms with Crippen molar-refractivity contribution in [1.82, 2.24) is 14.9 Å². The van der Waals surface area contributed by atoms with E-state index in [2.05, 4.69) is 22.0 Å². The van der Waals surface area contributed by atoms with Crippen molar-refractivity contribution < 1.29 is 8.42 Å². The maximum absolute atomic E-state index is 12.1. The highest BCUT2D eigenvalue weighted by Crippen LogP contribution is 2.15. The Labute approximate surface area is 110 Å². The molecule has 0 atom stereocenters. The summed E-state index contributed by atoms with van der Waals surface area (Å²) < 4.78 is 27.1. The summed E-state index contributed by atoms with van der Waals surface area (Å²) in [6, 6.07) is 0.146. The largest absolute Gasteiger partial charge is 0.317 e. The minimum atomic E-state index is -3.09. The standard InChI is InChI=1S/C12H25N3O2S/c1-15-8-4-12(5-9-15)14-18(16,17)10-11-2-6-13-7-3-11/h11-14H,2-10H2,1H3. The van der Waals surface area contributed by atoms with Crippen LogP contribution in [0.25, 0.3) is 0 Å². The van der Waals surface area contributed by atoms with E-state index in [4.69, 9.17) is 0 Å². The zero-order chi connectivity index (χ0) is 13.0. The minimum absolute atomic E-state index is 0.146. The van der Waals surface area contributed by atoms with E-state index >= 15 is 0 Å². The number of sulfonamides is 1. The van der Waals surface area contributed by atoms with Gasteiger partial charge in [0.05, 0.1) is 5.75 Å². The van der Waals surface area contributed by atoms with Crippen LogP contribution in [0.5, 0.6) is 0 Å². The summed E-state index contributed by atoms with van der Waals surface area (Å²) in [4.78, 5) is 2.25. The van der Waals surface area contributed by atoms with Crippen molar-refractivity contribution in [3.05, 3.63) is 0 Å². The van der Waals surface area contributed by atoms with Crippen LogP contribution in [-0.4, -0.2) is 58.3 Å². The SMILES string of the molecule is CN1CCC(NS(=O)(=O)CC2CCNCC2)CC1. The number of nitrogens with zero attached hydrogens (tertiary/aromatic N) is 1. The molecule has 0 aromatic carbocycles. The van der Waals surface area contributed by atoms with Crippen molar-refractivity contribution in [2.24, 2.45) is 5.92 Å². The molecule has 5 nitrogen and oxygen atoms in total. The van der Waals surface area contributed by atoms with Gasteiger partial charge in [-0.3, -0.25) is 0 Å². The lowest BCUT2D eigenvalue weighted by Gasteiger charge is -2.30. The molecule has 0 unspecified atom stereocenters. The normalized spacial score (nSPS) is 25.4.